The zero-order chi connectivity index (χ0) is 14.2. The summed E-state index contributed by atoms with van der Waals surface area (Å²) in [5, 5.41) is 0. The first-order valence-electron chi connectivity index (χ1n) is 8.35. The van der Waals surface area contributed by atoms with Gasteiger partial charge in [0, 0.05) is 5.75 Å². The molecule has 0 saturated heterocycles. The third-order valence-electron chi connectivity index (χ3n) is 3.67. The maximum Gasteiger partial charge on any atom is 1.00 e. The van der Waals surface area contributed by atoms with Crippen LogP contribution in [0.15, 0.2) is 0 Å². The van der Waals surface area contributed by atoms with Crippen LogP contribution in [-0.4, -0.2) is 14.5 Å². The van der Waals surface area contributed by atoms with E-state index in [4.69, 9.17) is 4.55 Å². The molecule has 1 atom stereocenters. The molecule has 2 nitrogen and oxygen atoms in total. The van der Waals surface area contributed by atoms with Crippen LogP contribution in [0.5, 0.6) is 0 Å². The van der Waals surface area contributed by atoms with E-state index in [1.165, 1.54) is 77.0 Å². The molecule has 0 aromatic heterocycles. The number of unbranched alkanes of at least 4 members (excludes halogenated alkanes) is 13. The van der Waals surface area contributed by atoms with Crippen molar-refractivity contribution in [2.24, 2.45) is 0 Å². The second-order valence-electron chi connectivity index (χ2n) is 5.62. The van der Waals surface area contributed by atoms with Crippen LogP contribution in [0, 0.1) is 0 Å². The van der Waals surface area contributed by atoms with Crippen molar-refractivity contribution in [1.29, 1.82) is 0 Å². The average molecular weight is 314 g/mol. The van der Waals surface area contributed by atoms with Crippen LogP contribution in [0.3, 0.4) is 0 Å². The zero-order valence-corrected chi connectivity index (χ0v) is 16.7. The minimum Gasteiger partial charge on any atom is -0.306 e. The Morgan fingerprint density at radius 1 is 0.650 bits per heavy atom. The molecular weight excluding hydrogens is 279 g/mol. The van der Waals surface area contributed by atoms with E-state index >= 15 is 0 Å². The first-order valence-corrected chi connectivity index (χ1v) is 9.62. The Hall–Kier alpha value is 1.11. The predicted molar refractivity (Wildman–Crippen MR) is 86.0 cm³/mol. The van der Waals surface area contributed by atoms with Crippen molar-refractivity contribution in [3.05, 3.63) is 0 Å². The Bertz CT molecular complexity index is 201. The Morgan fingerprint density at radius 3 is 1.25 bits per heavy atom. The van der Waals surface area contributed by atoms with Crippen molar-refractivity contribution >= 4 is 11.1 Å². The summed E-state index contributed by atoms with van der Waals surface area (Å²) in [4.78, 5) is 0. The van der Waals surface area contributed by atoms with Gasteiger partial charge in [-0.3, -0.25) is 0 Å². The Morgan fingerprint density at radius 2 is 0.950 bits per heavy atom. The molecule has 4 heteroatoms. The summed E-state index contributed by atoms with van der Waals surface area (Å²) in [6.07, 6.45) is 18.5. The van der Waals surface area contributed by atoms with Gasteiger partial charge >= 0.3 is 29.6 Å². The van der Waals surface area contributed by atoms with Crippen molar-refractivity contribution in [2.75, 3.05) is 5.75 Å². The molecule has 0 aliphatic carbocycles. The molecule has 0 aliphatic rings. The van der Waals surface area contributed by atoms with E-state index in [1.54, 1.807) is 0 Å². The van der Waals surface area contributed by atoms with E-state index < -0.39 is 11.1 Å². The van der Waals surface area contributed by atoms with Crippen LogP contribution in [0.1, 0.15) is 96.8 Å². The number of hydrogen-bond donors (Lipinski definition) is 1. The van der Waals surface area contributed by atoms with E-state index in [9.17, 15) is 4.21 Å². The second-order valence-corrected chi connectivity index (χ2v) is 6.67. The monoisotopic (exact) mass is 313 g/mol. The van der Waals surface area contributed by atoms with E-state index in [0.717, 1.165) is 12.8 Å². The van der Waals surface area contributed by atoms with Crippen LogP contribution in [-0.2, 0) is 11.1 Å². The van der Waals surface area contributed by atoms with E-state index in [1.807, 2.05) is 0 Å². The molecule has 1 N–H and O–H groups in total. The summed E-state index contributed by atoms with van der Waals surface area (Å²) in [6, 6.07) is 0. The first kappa shape index (κ1) is 23.4. The molecule has 0 saturated carbocycles. The van der Waals surface area contributed by atoms with Gasteiger partial charge in [-0.1, -0.05) is 90.4 Å². The summed E-state index contributed by atoms with van der Waals surface area (Å²) in [5.74, 6) is 0.456. The normalized spacial score (nSPS) is 12.1. The molecule has 1 unspecified atom stereocenters. The van der Waals surface area contributed by atoms with Crippen LogP contribution >= 0.6 is 0 Å². The van der Waals surface area contributed by atoms with Crippen LogP contribution < -0.4 is 29.6 Å². The van der Waals surface area contributed by atoms with Crippen LogP contribution in [0.4, 0.5) is 0 Å². The molecule has 0 aromatic rings. The largest absolute Gasteiger partial charge is 1.00 e. The van der Waals surface area contributed by atoms with E-state index in [2.05, 4.69) is 6.92 Å². The SMILES string of the molecule is CCCCCCCCCCCCCCCCS(=O)O.[Na+]. The first-order chi connectivity index (χ1) is 9.27. The summed E-state index contributed by atoms with van der Waals surface area (Å²) >= 11 is -1.58. The van der Waals surface area contributed by atoms with Crippen LogP contribution in [0.25, 0.3) is 0 Å². The van der Waals surface area contributed by atoms with Gasteiger partial charge in [-0.15, -0.1) is 0 Å². The van der Waals surface area contributed by atoms with Crippen molar-refractivity contribution in [3.63, 3.8) is 0 Å². The quantitative estimate of drug-likeness (QED) is 0.287. The molecule has 0 rings (SSSR count). The van der Waals surface area contributed by atoms with Crippen molar-refractivity contribution in [1.82, 2.24) is 0 Å². The zero-order valence-electron chi connectivity index (χ0n) is 13.9. The molecule has 0 aliphatic heterocycles. The fraction of sp³-hybridized carbons (Fsp3) is 1.00. The van der Waals surface area contributed by atoms with Crippen LogP contribution in [0.2, 0.25) is 0 Å². The smallest absolute Gasteiger partial charge is 0.306 e. The number of hydrogen-bond acceptors (Lipinski definition) is 1. The minimum absolute atomic E-state index is 0. The summed E-state index contributed by atoms with van der Waals surface area (Å²) in [6.45, 7) is 2.27. The Balaban J connectivity index is 0. The van der Waals surface area contributed by atoms with Gasteiger partial charge in [-0.05, 0) is 6.42 Å². The van der Waals surface area contributed by atoms with Gasteiger partial charge in [-0.2, -0.15) is 0 Å². The maximum absolute atomic E-state index is 10.4. The van der Waals surface area contributed by atoms with Gasteiger partial charge in [0.1, 0.15) is 0 Å². The molecule has 0 amide bonds. The van der Waals surface area contributed by atoms with Gasteiger partial charge in [0.25, 0.3) is 0 Å². The van der Waals surface area contributed by atoms with Gasteiger partial charge in [0.05, 0.1) is 0 Å². The third-order valence-corrected chi connectivity index (χ3v) is 4.31. The molecule has 0 aromatic carbocycles. The Labute approximate surface area is 151 Å². The van der Waals surface area contributed by atoms with E-state index in [-0.39, 0.29) is 29.6 Å². The fourth-order valence-corrected chi connectivity index (χ4v) is 2.87. The molecule has 0 bridgehead atoms. The summed E-state index contributed by atoms with van der Waals surface area (Å²) in [7, 11) is 0. The summed E-state index contributed by atoms with van der Waals surface area (Å²) < 4.78 is 19.0. The van der Waals surface area contributed by atoms with Gasteiger partial charge in [-0.25, -0.2) is 4.21 Å². The van der Waals surface area contributed by atoms with Crippen molar-refractivity contribution in [3.8, 4) is 0 Å². The van der Waals surface area contributed by atoms with Gasteiger partial charge in [0.15, 0.2) is 11.1 Å². The predicted octanol–water partition coefficient (Wildman–Crippen LogP) is 2.69. The molecule has 0 fully saturated rings. The fourth-order valence-electron chi connectivity index (χ4n) is 2.42. The summed E-state index contributed by atoms with van der Waals surface area (Å²) in [5.41, 5.74) is 0. The molecule has 116 valence electrons. The van der Waals surface area contributed by atoms with Crippen molar-refractivity contribution < 1.29 is 38.3 Å². The van der Waals surface area contributed by atoms with E-state index in [0.29, 0.717) is 5.75 Å². The molecular formula is C16H34NaO2S+. The topological polar surface area (TPSA) is 37.3 Å². The third kappa shape index (κ3) is 21.4. The molecule has 0 radical (unpaired) electrons. The number of rotatable bonds is 15. The average Bonchev–Trinajstić information content (AvgIpc) is 2.39. The minimum atomic E-state index is -1.58. The standard InChI is InChI=1S/C16H34O2S.Na/c1-2-3-4-5-6-7-8-9-10-11-12-13-14-15-16-19(17)18;/h2-16H2,1H3,(H,17,18);/q;+1. The van der Waals surface area contributed by atoms with Gasteiger partial charge in [0.2, 0.25) is 0 Å². The second kappa shape index (κ2) is 20.1. The van der Waals surface area contributed by atoms with Gasteiger partial charge < -0.3 is 4.55 Å². The Kier molecular flexibility index (Phi) is 23.5. The molecule has 0 spiro atoms. The maximum atomic E-state index is 10.4. The van der Waals surface area contributed by atoms with Crippen molar-refractivity contribution in [2.45, 2.75) is 96.8 Å². The molecule has 20 heavy (non-hydrogen) atoms. The molecule has 0 heterocycles.